The number of carbonyl (C=O) groups excluding carboxylic acids is 1. The van der Waals surface area contributed by atoms with E-state index in [9.17, 15) is 4.79 Å². The molecule has 0 N–H and O–H groups in total. The van der Waals surface area contributed by atoms with Crippen molar-refractivity contribution in [2.24, 2.45) is 0 Å². The molecule has 82 valence electrons. The molecule has 14 heavy (non-hydrogen) atoms. The number of ether oxygens (including phenoxy) is 1. The summed E-state index contributed by atoms with van der Waals surface area (Å²) in [6.07, 6.45) is 3.03. The van der Waals surface area contributed by atoms with Gasteiger partial charge in [-0.15, -0.1) is 0 Å². The molecule has 0 amide bonds. The highest BCUT2D eigenvalue weighted by Crippen LogP contribution is 2.10. The summed E-state index contributed by atoms with van der Waals surface area (Å²) in [5.74, 6) is -0.323. The van der Waals surface area contributed by atoms with Crippen molar-refractivity contribution in [1.82, 2.24) is 0 Å². The second kappa shape index (κ2) is 6.75. The Morgan fingerprint density at radius 1 is 1.36 bits per heavy atom. The van der Waals surface area contributed by atoms with Crippen LogP contribution in [0.4, 0.5) is 0 Å². The van der Waals surface area contributed by atoms with E-state index in [0.717, 1.165) is 0 Å². The zero-order valence-corrected chi connectivity index (χ0v) is 10.2. The van der Waals surface area contributed by atoms with Gasteiger partial charge in [0.15, 0.2) is 0 Å². The molecular weight excluding hydrogens is 200 g/mol. The maximum atomic E-state index is 10.9. The van der Waals surface area contributed by atoms with Gasteiger partial charge in [-0.3, -0.25) is 0 Å². The van der Waals surface area contributed by atoms with Crippen LogP contribution in [0.3, 0.4) is 0 Å². The highest BCUT2D eigenvalue weighted by atomic mass is 28.4. The Bertz CT molecular complexity index is 199. The molecule has 0 spiro atoms. The molecule has 0 aromatic rings. The molecule has 0 saturated heterocycles. The van der Waals surface area contributed by atoms with Crippen LogP contribution in [0.15, 0.2) is 12.2 Å². The van der Waals surface area contributed by atoms with Gasteiger partial charge in [0.2, 0.25) is 0 Å². The third-order valence-electron chi connectivity index (χ3n) is 1.97. The lowest BCUT2D eigenvalue weighted by atomic mass is 10.5. The van der Waals surface area contributed by atoms with Crippen molar-refractivity contribution in [2.75, 3.05) is 20.8 Å². The minimum atomic E-state index is -2.09. The van der Waals surface area contributed by atoms with Crippen molar-refractivity contribution in [3.8, 4) is 0 Å². The van der Waals surface area contributed by atoms with Crippen LogP contribution in [-0.4, -0.2) is 35.4 Å². The molecule has 0 aromatic carbocycles. The first-order chi connectivity index (χ1) is 6.58. The maximum Gasteiger partial charge on any atom is 0.337 e. The number of esters is 1. The molecule has 4 nitrogen and oxygen atoms in total. The van der Waals surface area contributed by atoms with E-state index in [1.807, 2.05) is 6.55 Å². The van der Waals surface area contributed by atoms with Crippen molar-refractivity contribution in [1.29, 1.82) is 0 Å². The van der Waals surface area contributed by atoms with E-state index in [1.165, 1.54) is 6.08 Å². The smallest absolute Gasteiger partial charge is 0.337 e. The number of allylic oxidation sites excluding steroid dienone is 1. The van der Waals surface area contributed by atoms with Gasteiger partial charge in [0.25, 0.3) is 0 Å². The monoisotopic (exact) mass is 218 g/mol. The Balaban J connectivity index is 3.77. The van der Waals surface area contributed by atoms with E-state index in [0.29, 0.717) is 12.7 Å². The molecule has 0 atom stereocenters. The topological polar surface area (TPSA) is 44.8 Å². The third kappa shape index (κ3) is 5.16. The third-order valence-corrected chi connectivity index (χ3v) is 4.81. The number of rotatable bonds is 6. The van der Waals surface area contributed by atoms with Crippen molar-refractivity contribution in [3.63, 3.8) is 0 Å². The summed E-state index contributed by atoms with van der Waals surface area (Å²) in [7, 11) is 1.14. The van der Waals surface area contributed by atoms with E-state index in [1.54, 1.807) is 27.2 Å². The standard InChI is InChI=1S/C9H18O4Si/c1-5-6-9(10)13-7-8-14(4,11-2)12-3/h5-6H,7-8H2,1-4H3. The molecule has 0 aliphatic heterocycles. The zero-order chi connectivity index (χ0) is 11.0. The van der Waals surface area contributed by atoms with Gasteiger partial charge >= 0.3 is 14.5 Å². The number of hydrogen-bond acceptors (Lipinski definition) is 4. The van der Waals surface area contributed by atoms with Gasteiger partial charge in [-0.2, -0.15) is 0 Å². The first-order valence-corrected chi connectivity index (χ1v) is 7.00. The maximum absolute atomic E-state index is 10.9. The Kier molecular flexibility index (Phi) is 6.43. The summed E-state index contributed by atoms with van der Waals surface area (Å²) >= 11 is 0. The number of hydrogen-bond donors (Lipinski definition) is 0. The molecule has 5 heteroatoms. The molecule has 0 aliphatic rings. The minimum absolute atomic E-state index is 0.323. The Morgan fingerprint density at radius 2 is 1.93 bits per heavy atom. The second-order valence-corrected chi connectivity index (χ2v) is 6.54. The normalized spacial score (nSPS) is 12.0. The van der Waals surface area contributed by atoms with Gasteiger partial charge in [0, 0.05) is 26.3 Å². The summed E-state index contributed by atoms with van der Waals surface area (Å²) in [6.45, 7) is 4.04. The molecule has 0 heterocycles. The summed E-state index contributed by atoms with van der Waals surface area (Å²) in [6, 6.07) is 0.642. The van der Waals surface area contributed by atoms with Crippen molar-refractivity contribution < 1.29 is 18.4 Å². The van der Waals surface area contributed by atoms with Gasteiger partial charge in [-0.1, -0.05) is 6.08 Å². The molecule has 0 aliphatic carbocycles. The fraction of sp³-hybridized carbons (Fsp3) is 0.667. The Morgan fingerprint density at radius 3 is 2.36 bits per heavy atom. The summed E-state index contributed by atoms with van der Waals surface area (Å²) < 4.78 is 15.4. The molecule has 0 radical (unpaired) electrons. The molecule has 0 fully saturated rings. The quantitative estimate of drug-likeness (QED) is 0.385. The van der Waals surface area contributed by atoms with E-state index >= 15 is 0 Å². The van der Waals surface area contributed by atoms with Crippen LogP contribution in [0, 0.1) is 0 Å². The lowest BCUT2D eigenvalue weighted by Crippen LogP contribution is -2.37. The first-order valence-electron chi connectivity index (χ1n) is 4.47. The highest BCUT2D eigenvalue weighted by molar-refractivity contribution is 6.66. The van der Waals surface area contributed by atoms with E-state index in [-0.39, 0.29) is 5.97 Å². The van der Waals surface area contributed by atoms with Gasteiger partial charge < -0.3 is 13.6 Å². The summed E-state index contributed by atoms with van der Waals surface area (Å²) in [5.41, 5.74) is 0. The van der Waals surface area contributed by atoms with Crippen LogP contribution in [0.1, 0.15) is 6.92 Å². The highest BCUT2D eigenvalue weighted by Gasteiger charge is 2.28. The van der Waals surface area contributed by atoms with Crippen molar-refractivity contribution in [3.05, 3.63) is 12.2 Å². The average molecular weight is 218 g/mol. The van der Waals surface area contributed by atoms with Gasteiger partial charge in [0.05, 0.1) is 6.61 Å². The fourth-order valence-electron chi connectivity index (χ4n) is 0.809. The van der Waals surface area contributed by atoms with Crippen molar-refractivity contribution >= 4 is 14.5 Å². The largest absolute Gasteiger partial charge is 0.463 e. The molecular formula is C9H18O4Si. The number of carbonyl (C=O) groups is 1. The predicted molar refractivity (Wildman–Crippen MR) is 56.2 cm³/mol. The lowest BCUT2D eigenvalue weighted by Gasteiger charge is -2.21. The molecule has 0 rings (SSSR count). The van der Waals surface area contributed by atoms with Crippen LogP contribution < -0.4 is 0 Å². The van der Waals surface area contributed by atoms with Crippen LogP contribution in [0.25, 0.3) is 0 Å². The second-order valence-electron chi connectivity index (χ2n) is 2.96. The fourth-order valence-corrected chi connectivity index (χ4v) is 1.86. The SMILES string of the molecule is CC=CC(=O)OCC[Si](C)(OC)OC. The summed E-state index contributed by atoms with van der Waals surface area (Å²) in [4.78, 5) is 10.9. The zero-order valence-electron chi connectivity index (χ0n) is 9.20. The lowest BCUT2D eigenvalue weighted by molar-refractivity contribution is -0.137. The molecule has 0 unspecified atom stereocenters. The van der Waals surface area contributed by atoms with Crippen LogP contribution >= 0.6 is 0 Å². The van der Waals surface area contributed by atoms with E-state index in [2.05, 4.69) is 0 Å². The average Bonchev–Trinajstić information content (AvgIpc) is 2.18. The van der Waals surface area contributed by atoms with Crippen LogP contribution in [0.2, 0.25) is 12.6 Å². The molecule has 0 saturated carbocycles. The molecule has 0 aromatic heterocycles. The summed E-state index contributed by atoms with van der Waals surface area (Å²) in [5, 5.41) is 0. The molecule has 0 bridgehead atoms. The van der Waals surface area contributed by atoms with E-state index in [4.69, 9.17) is 13.6 Å². The van der Waals surface area contributed by atoms with Crippen molar-refractivity contribution in [2.45, 2.75) is 19.5 Å². The van der Waals surface area contributed by atoms with Crippen LogP contribution in [-0.2, 0) is 18.4 Å². The van der Waals surface area contributed by atoms with Crippen LogP contribution in [0.5, 0.6) is 0 Å². The predicted octanol–water partition coefficient (Wildman–Crippen LogP) is 1.47. The van der Waals surface area contributed by atoms with E-state index < -0.39 is 8.56 Å². The van der Waals surface area contributed by atoms with Gasteiger partial charge in [-0.25, -0.2) is 4.79 Å². The minimum Gasteiger partial charge on any atom is -0.463 e. The van der Waals surface area contributed by atoms with Gasteiger partial charge in [-0.05, 0) is 13.5 Å². The Labute approximate surface area is 86.1 Å². The van der Waals surface area contributed by atoms with Gasteiger partial charge in [0.1, 0.15) is 0 Å². The first kappa shape index (κ1) is 13.3. The Hall–Kier alpha value is -0.653.